The van der Waals surface area contributed by atoms with Gasteiger partial charge in [-0.05, 0) is 30.7 Å². The first kappa shape index (κ1) is 13.8. The van der Waals surface area contributed by atoms with Crippen molar-refractivity contribution in [1.29, 1.82) is 0 Å². The molecule has 4 nitrogen and oxygen atoms in total. The molecule has 1 aromatic carbocycles. The van der Waals surface area contributed by atoms with Crippen molar-refractivity contribution in [2.75, 3.05) is 7.11 Å². The highest BCUT2D eigenvalue weighted by Gasteiger charge is 2.07. The van der Waals surface area contributed by atoms with Crippen molar-refractivity contribution < 1.29 is 19.4 Å². The highest BCUT2D eigenvalue weighted by molar-refractivity contribution is 5.85. The first-order valence-corrected chi connectivity index (χ1v) is 5.45. The van der Waals surface area contributed by atoms with Crippen molar-refractivity contribution >= 4 is 12.0 Å². The van der Waals surface area contributed by atoms with E-state index in [0.717, 1.165) is 11.6 Å². The third kappa shape index (κ3) is 3.97. The Bertz CT molecular complexity index is 463. The van der Waals surface area contributed by atoms with Gasteiger partial charge in [0.15, 0.2) is 11.5 Å². The lowest BCUT2D eigenvalue weighted by molar-refractivity contribution is -0.131. The minimum absolute atomic E-state index is 0.155. The summed E-state index contributed by atoms with van der Waals surface area (Å²) in [5.41, 5.74) is 0.726. The minimum Gasteiger partial charge on any atom is -0.493 e. The van der Waals surface area contributed by atoms with E-state index >= 15 is 0 Å². The van der Waals surface area contributed by atoms with Crippen LogP contribution in [-0.2, 0) is 4.79 Å². The number of carboxylic acid groups (broad SMARTS) is 1. The standard InChI is InChI=1S/C14H16O4/c1-4-10(2)18-13-9-11(6-8-14(15)16)5-7-12(13)17-3/h4-10H,1H2,2-3H3,(H,15,16). The van der Waals surface area contributed by atoms with E-state index in [1.165, 1.54) is 6.08 Å². The fourth-order valence-corrected chi connectivity index (χ4v) is 1.30. The predicted molar refractivity (Wildman–Crippen MR) is 70.0 cm³/mol. The Labute approximate surface area is 106 Å². The summed E-state index contributed by atoms with van der Waals surface area (Å²) >= 11 is 0. The van der Waals surface area contributed by atoms with Gasteiger partial charge in [-0.15, -0.1) is 0 Å². The van der Waals surface area contributed by atoms with E-state index in [1.807, 2.05) is 6.92 Å². The first-order valence-electron chi connectivity index (χ1n) is 5.45. The summed E-state index contributed by atoms with van der Waals surface area (Å²) in [7, 11) is 1.55. The number of ether oxygens (including phenoxy) is 2. The molecule has 0 aliphatic heterocycles. The topological polar surface area (TPSA) is 55.8 Å². The Balaban J connectivity index is 3.01. The van der Waals surface area contributed by atoms with E-state index in [1.54, 1.807) is 31.4 Å². The molecule has 0 aliphatic carbocycles. The highest BCUT2D eigenvalue weighted by Crippen LogP contribution is 2.29. The van der Waals surface area contributed by atoms with Gasteiger partial charge < -0.3 is 14.6 Å². The number of carboxylic acids is 1. The molecular formula is C14H16O4. The second-order valence-electron chi connectivity index (χ2n) is 3.64. The molecule has 4 heteroatoms. The smallest absolute Gasteiger partial charge is 0.328 e. The Morgan fingerprint density at radius 2 is 2.17 bits per heavy atom. The number of carbonyl (C=O) groups is 1. The number of rotatable bonds is 6. The third-order valence-electron chi connectivity index (χ3n) is 2.25. The molecule has 0 bridgehead atoms. The Kier molecular flexibility index (Phi) is 4.99. The molecule has 0 aromatic heterocycles. The van der Waals surface area contributed by atoms with E-state index in [-0.39, 0.29) is 6.10 Å². The molecule has 0 fully saturated rings. The summed E-state index contributed by atoms with van der Waals surface area (Å²) in [4.78, 5) is 10.4. The molecular weight excluding hydrogens is 232 g/mol. The largest absolute Gasteiger partial charge is 0.493 e. The van der Waals surface area contributed by atoms with Gasteiger partial charge >= 0.3 is 5.97 Å². The molecule has 0 radical (unpaired) electrons. The van der Waals surface area contributed by atoms with Crippen LogP contribution in [0.1, 0.15) is 12.5 Å². The zero-order valence-corrected chi connectivity index (χ0v) is 10.4. The van der Waals surface area contributed by atoms with Crippen molar-refractivity contribution in [3.63, 3.8) is 0 Å². The maximum absolute atomic E-state index is 10.4. The molecule has 18 heavy (non-hydrogen) atoms. The monoisotopic (exact) mass is 248 g/mol. The van der Waals surface area contributed by atoms with E-state index < -0.39 is 5.97 Å². The second kappa shape index (κ2) is 6.49. The molecule has 1 rings (SSSR count). The molecule has 1 N–H and O–H groups in total. The van der Waals surface area contributed by atoms with Gasteiger partial charge in [0.25, 0.3) is 0 Å². The summed E-state index contributed by atoms with van der Waals surface area (Å²) in [6, 6.07) is 5.20. The van der Waals surface area contributed by atoms with Gasteiger partial charge in [0.1, 0.15) is 6.10 Å². The fourth-order valence-electron chi connectivity index (χ4n) is 1.30. The number of hydrogen-bond donors (Lipinski definition) is 1. The van der Waals surface area contributed by atoms with Crippen molar-refractivity contribution in [2.45, 2.75) is 13.0 Å². The van der Waals surface area contributed by atoms with E-state index in [2.05, 4.69) is 6.58 Å². The summed E-state index contributed by atoms with van der Waals surface area (Å²) in [5, 5.41) is 8.57. The molecule has 0 aliphatic rings. The normalized spacial score (nSPS) is 12.1. The molecule has 0 saturated heterocycles. The molecule has 1 aromatic rings. The van der Waals surface area contributed by atoms with Crippen molar-refractivity contribution in [1.82, 2.24) is 0 Å². The summed E-state index contributed by atoms with van der Waals surface area (Å²) in [6.45, 7) is 5.49. The summed E-state index contributed by atoms with van der Waals surface area (Å²) < 4.78 is 10.8. The number of hydrogen-bond acceptors (Lipinski definition) is 3. The molecule has 0 heterocycles. The van der Waals surface area contributed by atoms with Gasteiger partial charge in [0, 0.05) is 6.08 Å². The van der Waals surface area contributed by atoms with Crippen LogP contribution in [0.15, 0.2) is 36.9 Å². The summed E-state index contributed by atoms with van der Waals surface area (Å²) in [5.74, 6) is 0.154. The Hall–Kier alpha value is -2.23. The lowest BCUT2D eigenvalue weighted by Gasteiger charge is -2.14. The molecule has 0 saturated carbocycles. The maximum atomic E-state index is 10.4. The quantitative estimate of drug-likeness (QED) is 0.621. The van der Waals surface area contributed by atoms with Crippen LogP contribution in [0.25, 0.3) is 6.08 Å². The Morgan fingerprint density at radius 1 is 1.44 bits per heavy atom. The summed E-state index contributed by atoms with van der Waals surface area (Å²) in [6.07, 6.45) is 4.08. The van der Waals surface area contributed by atoms with Gasteiger partial charge in [-0.1, -0.05) is 18.7 Å². The zero-order chi connectivity index (χ0) is 13.5. The average Bonchev–Trinajstić information content (AvgIpc) is 2.36. The first-order chi connectivity index (χ1) is 8.56. The highest BCUT2D eigenvalue weighted by atomic mass is 16.5. The van der Waals surface area contributed by atoms with Crippen LogP contribution in [0.4, 0.5) is 0 Å². The second-order valence-corrected chi connectivity index (χ2v) is 3.64. The minimum atomic E-state index is -0.993. The molecule has 1 unspecified atom stereocenters. The molecule has 0 amide bonds. The fraction of sp³-hybridized carbons (Fsp3) is 0.214. The van der Waals surface area contributed by atoms with Gasteiger partial charge in [-0.2, -0.15) is 0 Å². The average molecular weight is 248 g/mol. The van der Waals surface area contributed by atoms with Crippen LogP contribution in [0.3, 0.4) is 0 Å². The number of methoxy groups -OCH3 is 1. The van der Waals surface area contributed by atoms with E-state index in [4.69, 9.17) is 14.6 Å². The van der Waals surface area contributed by atoms with Crippen LogP contribution in [0.2, 0.25) is 0 Å². The van der Waals surface area contributed by atoms with Crippen LogP contribution in [0.5, 0.6) is 11.5 Å². The van der Waals surface area contributed by atoms with Crippen molar-refractivity contribution in [2.24, 2.45) is 0 Å². The van der Waals surface area contributed by atoms with Crippen LogP contribution in [0, 0.1) is 0 Å². The van der Waals surface area contributed by atoms with Gasteiger partial charge in [0.2, 0.25) is 0 Å². The predicted octanol–water partition coefficient (Wildman–Crippen LogP) is 2.75. The van der Waals surface area contributed by atoms with E-state index in [9.17, 15) is 4.79 Å². The van der Waals surface area contributed by atoms with Crippen molar-refractivity contribution in [3.05, 3.63) is 42.5 Å². The van der Waals surface area contributed by atoms with Gasteiger partial charge in [-0.25, -0.2) is 4.79 Å². The van der Waals surface area contributed by atoms with Crippen LogP contribution < -0.4 is 9.47 Å². The van der Waals surface area contributed by atoms with Crippen LogP contribution in [-0.4, -0.2) is 24.3 Å². The Morgan fingerprint density at radius 3 is 2.72 bits per heavy atom. The lowest BCUT2D eigenvalue weighted by atomic mass is 10.2. The zero-order valence-electron chi connectivity index (χ0n) is 10.4. The molecule has 1 atom stereocenters. The number of aliphatic carboxylic acids is 1. The molecule has 96 valence electrons. The SMILES string of the molecule is C=CC(C)Oc1cc(C=CC(=O)O)ccc1OC. The maximum Gasteiger partial charge on any atom is 0.328 e. The lowest BCUT2D eigenvalue weighted by Crippen LogP contribution is -2.08. The van der Waals surface area contributed by atoms with Gasteiger partial charge in [-0.3, -0.25) is 0 Å². The van der Waals surface area contributed by atoms with Crippen LogP contribution >= 0.6 is 0 Å². The van der Waals surface area contributed by atoms with E-state index in [0.29, 0.717) is 11.5 Å². The third-order valence-corrected chi connectivity index (χ3v) is 2.25. The molecule has 0 spiro atoms. The van der Waals surface area contributed by atoms with Gasteiger partial charge in [0.05, 0.1) is 7.11 Å². The van der Waals surface area contributed by atoms with Crippen molar-refractivity contribution in [3.8, 4) is 11.5 Å². The number of benzene rings is 1.